The predicted octanol–water partition coefficient (Wildman–Crippen LogP) is 5.51. The second kappa shape index (κ2) is 7.69. The number of halogens is 1. The summed E-state index contributed by atoms with van der Waals surface area (Å²) in [5.74, 6) is -0.0738. The average molecular weight is 421 g/mol. The zero-order valence-electron chi connectivity index (χ0n) is 17.9. The van der Waals surface area contributed by atoms with Crippen molar-refractivity contribution >= 4 is 11.8 Å². The fraction of sp³-hybridized carbons (Fsp3) is 0.280. The molecule has 31 heavy (non-hydrogen) atoms. The van der Waals surface area contributed by atoms with Gasteiger partial charge in [-0.3, -0.25) is 9.59 Å². The van der Waals surface area contributed by atoms with Gasteiger partial charge in [0.15, 0.2) is 5.78 Å². The number of nitrogens with zero attached hydrogens (tertiary/aromatic N) is 1. The van der Waals surface area contributed by atoms with Crippen LogP contribution in [-0.4, -0.2) is 23.4 Å². The van der Waals surface area contributed by atoms with Crippen LogP contribution in [0.25, 0.3) is 16.9 Å². The summed E-state index contributed by atoms with van der Waals surface area (Å²) < 4.78 is 26.5. The lowest BCUT2D eigenvalue weighted by atomic mass is 9.73. The Bertz CT molecular complexity index is 1140. The lowest BCUT2D eigenvalue weighted by molar-refractivity contribution is -0.154. The summed E-state index contributed by atoms with van der Waals surface area (Å²) in [5.41, 5.74) is 2.81. The average Bonchev–Trinajstić information content (AvgIpc) is 3.12. The van der Waals surface area contributed by atoms with Crippen molar-refractivity contribution in [2.24, 2.45) is 5.41 Å². The van der Waals surface area contributed by atoms with E-state index in [9.17, 15) is 14.0 Å². The van der Waals surface area contributed by atoms with Crippen molar-refractivity contribution in [2.45, 2.75) is 33.3 Å². The van der Waals surface area contributed by atoms with E-state index in [-0.39, 0.29) is 18.0 Å². The summed E-state index contributed by atoms with van der Waals surface area (Å²) in [6.45, 7) is 5.21. The molecule has 0 radical (unpaired) electrons. The third kappa shape index (κ3) is 3.74. The minimum Gasteiger partial charge on any atom is -0.497 e. The van der Waals surface area contributed by atoms with E-state index < -0.39 is 17.5 Å². The smallest absolute Gasteiger partial charge is 0.303 e. The van der Waals surface area contributed by atoms with Crippen LogP contribution in [0.15, 0.2) is 54.6 Å². The molecule has 0 amide bonds. The number of Topliss-reactive ketones (excluding diaryl/α,β-unsaturated/α-hetero) is 1. The maximum atomic E-state index is 13.6. The van der Waals surface area contributed by atoms with Crippen LogP contribution in [0.4, 0.5) is 4.39 Å². The van der Waals surface area contributed by atoms with Gasteiger partial charge in [-0.2, -0.15) is 0 Å². The molecule has 0 fully saturated rings. The SMILES string of the molecule is COc1ccc(-n2c(-c3ccc(F)cc3)cc3c2C(OC(C)=O)C(C)(C)CC3=O)cc1. The number of ketones is 1. The number of carbonyl (C=O) groups excluding carboxylic acids is 2. The van der Waals surface area contributed by atoms with Crippen LogP contribution in [-0.2, 0) is 9.53 Å². The van der Waals surface area contributed by atoms with Crippen molar-refractivity contribution < 1.29 is 23.5 Å². The lowest BCUT2D eigenvalue weighted by Crippen LogP contribution is -2.35. The summed E-state index contributed by atoms with van der Waals surface area (Å²) in [7, 11) is 1.59. The van der Waals surface area contributed by atoms with Gasteiger partial charge in [0.1, 0.15) is 17.7 Å². The number of hydrogen-bond donors (Lipinski definition) is 0. The number of ether oxygens (including phenoxy) is 2. The van der Waals surface area contributed by atoms with Gasteiger partial charge in [-0.15, -0.1) is 0 Å². The number of carbonyl (C=O) groups is 2. The maximum Gasteiger partial charge on any atom is 0.303 e. The van der Waals surface area contributed by atoms with Crippen molar-refractivity contribution in [3.63, 3.8) is 0 Å². The molecule has 2 aromatic carbocycles. The minimum atomic E-state index is -0.617. The molecule has 3 aromatic rings. The molecule has 1 aromatic heterocycles. The van der Waals surface area contributed by atoms with Crippen molar-refractivity contribution in [1.82, 2.24) is 4.57 Å². The molecule has 6 heteroatoms. The van der Waals surface area contributed by atoms with Crippen molar-refractivity contribution in [1.29, 1.82) is 0 Å². The van der Waals surface area contributed by atoms with Gasteiger partial charge >= 0.3 is 5.97 Å². The van der Waals surface area contributed by atoms with Gasteiger partial charge in [0.05, 0.1) is 18.5 Å². The number of benzene rings is 2. The first kappa shape index (κ1) is 20.8. The molecule has 1 atom stereocenters. The van der Waals surface area contributed by atoms with E-state index in [1.807, 2.05) is 42.7 Å². The molecule has 1 unspecified atom stereocenters. The molecule has 0 spiro atoms. The monoisotopic (exact) mass is 421 g/mol. The van der Waals surface area contributed by atoms with Gasteiger partial charge in [-0.1, -0.05) is 13.8 Å². The first-order valence-corrected chi connectivity index (χ1v) is 10.1. The molecule has 0 bridgehead atoms. The van der Waals surface area contributed by atoms with Crippen molar-refractivity contribution in [3.05, 3.63) is 71.7 Å². The van der Waals surface area contributed by atoms with E-state index in [1.165, 1.54) is 19.1 Å². The number of hydrogen-bond acceptors (Lipinski definition) is 4. The molecular formula is C25H24FNO4. The van der Waals surface area contributed by atoms with Crippen molar-refractivity contribution in [2.75, 3.05) is 7.11 Å². The Balaban J connectivity index is 2.02. The Morgan fingerprint density at radius 2 is 1.74 bits per heavy atom. The fourth-order valence-electron chi connectivity index (χ4n) is 4.20. The largest absolute Gasteiger partial charge is 0.497 e. The quantitative estimate of drug-likeness (QED) is 0.522. The second-order valence-corrected chi connectivity index (χ2v) is 8.45. The number of esters is 1. The van der Waals surface area contributed by atoms with Crippen LogP contribution in [0, 0.1) is 11.2 Å². The van der Waals surface area contributed by atoms with Gasteiger partial charge in [-0.25, -0.2) is 4.39 Å². The van der Waals surface area contributed by atoms with Crippen LogP contribution in [0.3, 0.4) is 0 Å². The molecule has 1 aliphatic carbocycles. The molecule has 1 heterocycles. The normalized spacial score (nSPS) is 17.2. The highest BCUT2D eigenvalue weighted by Crippen LogP contribution is 2.49. The molecule has 0 saturated heterocycles. The van der Waals surface area contributed by atoms with Gasteiger partial charge in [0.25, 0.3) is 0 Å². The highest BCUT2D eigenvalue weighted by atomic mass is 19.1. The summed E-state index contributed by atoms with van der Waals surface area (Å²) >= 11 is 0. The van der Waals surface area contributed by atoms with Gasteiger partial charge in [0.2, 0.25) is 0 Å². The van der Waals surface area contributed by atoms with Crippen LogP contribution < -0.4 is 4.74 Å². The fourth-order valence-corrected chi connectivity index (χ4v) is 4.20. The Kier molecular flexibility index (Phi) is 5.17. The zero-order chi connectivity index (χ0) is 22.3. The van der Waals surface area contributed by atoms with E-state index in [0.717, 1.165) is 16.9 Å². The minimum absolute atomic E-state index is 0.0148. The third-order valence-corrected chi connectivity index (χ3v) is 5.67. The molecule has 0 saturated carbocycles. The number of fused-ring (bicyclic) bond motifs is 1. The first-order valence-electron chi connectivity index (χ1n) is 10.1. The van der Waals surface area contributed by atoms with E-state index in [2.05, 4.69) is 0 Å². The molecule has 160 valence electrons. The standard InChI is InChI=1S/C25H24FNO4/c1-15(28)31-24-23-20(22(29)14-25(24,2)3)13-21(16-5-7-17(26)8-6-16)27(23)18-9-11-19(30-4)12-10-18/h5-13,24H,14H2,1-4H3. The lowest BCUT2D eigenvalue weighted by Gasteiger charge is -2.38. The zero-order valence-corrected chi connectivity index (χ0v) is 17.9. The molecule has 0 aliphatic heterocycles. The maximum absolute atomic E-state index is 13.6. The van der Waals surface area contributed by atoms with Crippen LogP contribution in [0.1, 0.15) is 49.3 Å². The van der Waals surface area contributed by atoms with E-state index in [4.69, 9.17) is 9.47 Å². The third-order valence-electron chi connectivity index (χ3n) is 5.67. The summed E-state index contributed by atoms with van der Waals surface area (Å²) in [5, 5.41) is 0. The van der Waals surface area contributed by atoms with E-state index in [1.54, 1.807) is 25.3 Å². The first-order chi connectivity index (χ1) is 14.7. The van der Waals surface area contributed by atoms with E-state index in [0.29, 0.717) is 17.0 Å². The highest BCUT2D eigenvalue weighted by Gasteiger charge is 2.45. The van der Waals surface area contributed by atoms with Gasteiger partial charge < -0.3 is 14.0 Å². The van der Waals surface area contributed by atoms with E-state index >= 15 is 0 Å². The van der Waals surface area contributed by atoms with Crippen LogP contribution >= 0.6 is 0 Å². The summed E-state index contributed by atoms with van der Waals surface area (Å²) in [6, 6.07) is 15.3. The number of aromatic nitrogens is 1. The summed E-state index contributed by atoms with van der Waals surface area (Å²) in [4.78, 5) is 25.0. The Morgan fingerprint density at radius 3 is 2.32 bits per heavy atom. The van der Waals surface area contributed by atoms with Crippen LogP contribution in [0.2, 0.25) is 0 Å². The Morgan fingerprint density at radius 1 is 1.10 bits per heavy atom. The number of rotatable bonds is 4. The molecule has 5 nitrogen and oxygen atoms in total. The Labute approximate surface area is 180 Å². The van der Waals surface area contributed by atoms with Gasteiger partial charge in [0, 0.05) is 30.0 Å². The molecule has 4 rings (SSSR count). The molecular weight excluding hydrogens is 397 g/mol. The topological polar surface area (TPSA) is 57.5 Å². The Hall–Kier alpha value is -3.41. The summed E-state index contributed by atoms with van der Waals surface area (Å²) in [6.07, 6.45) is -0.359. The molecule has 0 N–H and O–H groups in total. The highest BCUT2D eigenvalue weighted by molar-refractivity contribution is 6.01. The van der Waals surface area contributed by atoms with Crippen LogP contribution in [0.5, 0.6) is 5.75 Å². The molecule has 1 aliphatic rings. The second-order valence-electron chi connectivity index (χ2n) is 8.45. The van der Waals surface area contributed by atoms with Crippen molar-refractivity contribution in [3.8, 4) is 22.7 Å². The predicted molar refractivity (Wildman–Crippen MR) is 115 cm³/mol. The van der Waals surface area contributed by atoms with Gasteiger partial charge in [-0.05, 0) is 60.2 Å². The number of methoxy groups -OCH3 is 1.